The lowest BCUT2D eigenvalue weighted by molar-refractivity contribution is 0.393. The summed E-state index contributed by atoms with van der Waals surface area (Å²) in [6.45, 7) is 2.68. The summed E-state index contributed by atoms with van der Waals surface area (Å²) in [5, 5.41) is 4.59. The molecule has 8 nitrogen and oxygen atoms in total. The van der Waals surface area contributed by atoms with Crippen LogP contribution in [0.15, 0.2) is 43.0 Å². The number of rotatable bonds is 5. The van der Waals surface area contributed by atoms with Crippen LogP contribution in [0, 0.1) is 12.7 Å². The molecule has 0 amide bonds. The van der Waals surface area contributed by atoms with E-state index < -0.39 is 0 Å². The lowest BCUT2D eigenvalue weighted by atomic mass is 9.91. The Morgan fingerprint density at radius 2 is 2.03 bits per heavy atom. The molecule has 0 N–H and O–H groups in total. The van der Waals surface area contributed by atoms with Gasteiger partial charge in [-0.15, -0.1) is 0 Å². The standard InChI is InChI=1S/C23H22FN7O/c1-15-13-30(14-26-15)22-23(32-2)27-16(12-25-22)9-10-20-28-21-18(7-5-11-31(21)29-20)17-6-3-4-8-19(17)24/h3-4,6,8-10,12-14,18H,5,7,11H2,1-2H3/b10-9+. The van der Waals surface area contributed by atoms with Crippen molar-refractivity contribution in [1.29, 1.82) is 0 Å². The molecule has 4 heterocycles. The number of imidazole rings is 1. The van der Waals surface area contributed by atoms with Crippen LogP contribution in [0.5, 0.6) is 5.88 Å². The highest BCUT2D eigenvalue weighted by atomic mass is 19.1. The first kappa shape index (κ1) is 20.0. The predicted octanol–water partition coefficient (Wildman–Crippen LogP) is 3.81. The summed E-state index contributed by atoms with van der Waals surface area (Å²) in [5.74, 6) is 1.99. The maximum Gasteiger partial charge on any atom is 0.258 e. The molecule has 1 aromatic carbocycles. The van der Waals surface area contributed by atoms with Crippen LogP contribution in [0.1, 0.15) is 47.4 Å². The highest BCUT2D eigenvalue weighted by molar-refractivity contribution is 5.64. The van der Waals surface area contributed by atoms with E-state index in [-0.39, 0.29) is 11.7 Å². The highest BCUT2D eigenvalue weighted by Gasteiger charge is 2.27. The number of aryl methyl sites for hydroxylation is 2. The largest absolute Gasteiger partial charge is 0.478 e. The first-order valence-electron chi connectivity index (χ1n) is 10.4. The summed E-state index contributed by atoms with van der Waals surface area (Å²) in [6.07, 6.45) is 10.5. The third-order valence-corrected chi connectivity index (χ3v) is 5.47. The summed E-state index contributed by atoms with van der Waals surface area (Å²) < 4.78 is 23.4. The van der Waals surface area contributed by atoms with E-state index in [1.807, 2.05) is 29.9 Å². The maximum absolute atomic E-state index is 14.4. The molecule has 1 aliphatic heterocycles. The van der Waals surface area contributed by atoms with Crippen LogP contribution in [0.3, 0.4) is 0 Å². The van der Waals surface area contributed by atoms with Crippen LogP contribution < -0.4 is 4.74 Å². The Kier molecular flexibility index (Phi) is 5.22. The minimum absolute atomic E-state index is 0.0996. The third kappa shape index (κ3) is 3.77. The minimum atomic E-state index is -0.207. The summed E-state index contributed by atoms with van der Waals surface area (Å²) >= 11 is 0. The molecule has 1 unspecified atom stereocenters. The van der Waals surface area contributed by atoms with Crippen LogP contribution >= 0.6 is 0 Å². The van der Waals surface area contributed by atoms with E-state index in [0.29, 0.717) is 28.8 Å². The number of halogens is 1. The van der Waals surface area contributed by atoms with Crippen LogP contribution in [0.2, 0.25) is 0 Å². The SMILES string of the molecule is COc1nc(/C=C/c2nc3n(n2)CCCC3c2ccccc2F)cnc1-n1cnc(C)c1. The van der Waals surface area contributed by atoms with Gasteiger partial charge < -0.3 is 4.74 Å². The summed E-state index contributed by atoms with van der Waals surface area (Å²) in [6, 6.07) is 6.88. The monoisotopic (exact) mass is 431 g/mol. The van der Waals surface area contributed by atoms with E-state index in [9.17, 15) is 4.39 Å². The van der Waals surface area contributed by atoms with Crippen molar-refractivity contribution < 1.29 is 9.13 Å². The van der Waals surface area contributed by atoms with E-state index in [1.165, 1.54) is 6.07 Å². The third-order valence-electron chi connectivity index (χ3n) is 5.47. The van der Waals surface area contributed by atoms with Crippen molar-refractivity contribution in [3.05, 3.63) is 77.4 Å². The molecular weight excluding hydrogens is 409 g/mol. The van der Waals surface area contributed by atoms with Crippen LogP contribution in [0.4, 0.5) is 4.39 Å². The fourth-order valence-corrected chi connectivity index (χ4v) is 3.96. The van der Waals surface area contributed by atoms with Gasteiger partial charge in [0.15, 0.2) is 5.82 Å². The molecule has 0 aliphatic carbocycles. The first-order valence-corrected chi connectivity index (χ1v) is 10.4. The van der Waals surface area contributed by atoms with Crippen LogP contribution in [-0.2, 0) is 6.54 Å². The predicted molar refractivity (Wildman–Crippen MR) is 117 cm³/mol. The van der Waals surface area contributed by atoms with Gasteiger partial charge in [0.05, 0.1) is 24.7 Å². The van der Waals surface area contributed by atoms with Gasteiger partial charge in [-0.3, -0.25) is 4.57 Å². The zero-order valence-corrected chi connectivity index (χ0v) is 17.8. The maximum atomic E-state index is 14.4. The van der Waals surface area contributed by atoms with Crippen molar-refractivity contribution in [2.45, 2.75) is 32.2 Å². The van der Waals surface area contributed by atoms with E-state index in [1.54, 1.807) is 42.4 Å². The zero-order valence-electron chi connectivity index (χ0n) is 17.8. The number of ether oxygens (including phenoxy) is 1. The van der Waals surface area contributed by atoms with Gasteiger partial charge in [0, 0.05) is 18.7 Å². The molecule has 0 fully saturated rings. The molecule has 0 saturated carbocycles. The molecule has 1 atom stereocenters. The number of nitrogens with zero attached hydrogens (tertiary/aromatic N) is 7. The summed E-state index contributed by atoms with van der Waals surface area (Å²) in [4.78, 5) is 17.9. The van der Waals surface area contributed by atoms with Crippen molar-refractivity contribution in [2.24, 2.45) is 0 Å². The Balaban J connectivity index is 1.42. The smallest absolute Gasteiger partial charge is 0.258 e. The molecule has 3 aromatic heterocycles. The normalized spacial score (nSPS) is 15.8. The molecule has 0 saturated heterocycles. The fraction of sp³-hybridized carbons (Fsp3) is 0.261. The molecular formula is C23H22FN7O. The molecule has 162 valence electrons. The molecule has 0 spiro atoms. The summed E-state index contributed by atoms with van der Waals surface area (Å²) in [5.41, 5.74) is 2.15. The Morgan fingerprint density at radius 3 is 2.81 bits per heavy atom. The van der Waals surface area contributed by atoms with Gasteiger partial charge in [0.1, 0.15) is 18.0 Å². The lowest BCUT2D eigenvalue weighted by Gasteiger charge is -2.22. The van der Waals surface area contributed by atoms with E-state index in [0.717, 1.165) is 30.9 Å². The molecule has 9 heteroatoms. The molecule has 0 radical (unpaired) electrons. The highest BCUT2D eigenvalue weighted by Crippen LogP contribution is 2.33. The number of methoxy groups -OCH3 is 1. The Labute approximate surface area is 184 Å². The average Bonchev–Trinajstić information content (AvgIpc) is 3.43. The minimum Gasteiger partial charge on any atom is -0.478 e. The molecule has 5 rings (SSSR count). The number of benzene rings is 1. The summed E-state index contributed by atoms with van der Waals surface area (Å²) in [7, 11) is 1.55. The molecule has 1 aliphatic rings. The number of hydrogen-bond donors (Lipinski definition) is 0. The van der Waals surface area contributed by atoms with Crippen molar-refractivity contribution in [1.82, 2.24) is 34.3 Å². The van der Waals surface area contributed by atoms with Gasteiger partial charge in [0.2, 0.25) is 5.82 Å². The van der Waals surface area contributed by atoms with Crippen molar-refractivity contribution in [2.75, 3.05) is 7.11 Å². The van der Waals surface area contributed by atoms with Crippen molar-refractivity contribution in [3.8, 4) is 11.7 Å². The second kappa shape index (κ2) is 8.33. The van der Waals surface area contributed by atoms with Crippen LogP contribution in [0.25, 0.3) is 18.0 Å². The van der Waals surface area contributed by atoms with Gasteiger partial charge in [-0.05, 0) is 43.5 Å². The fourth-order valence-electron chi connectivity index (χ4n) is 3.96. The van der Waals surface area contributed by atoms with Crippen molar-refractivity contribution in [3.63, 3.8) is 0 Å². The van der Waals surface area contributed by atoms with E-state index in [4.69, 9.17) is 4.74 Å². The Bertz CT molecular complexity index is 1290. The van der Waals surface area contributed by atoms with Crippen molar-refractivity contribution >= 4 is 12.2 Å². The lowest BCUT2D eigenvalue weighted by Crippen LogP contribution is -2.18. The van der Waals surface area contributed by atoms with E-state index in [2.05, 4.69) is 25.0 Å². The second-order valence-corrected chi connectivity index (χ2v) is 7.65. The Hall–Kier alpha value is -3.88. The molecule has 0 bridgehead atoms. The average molecular weight is 431 g/mol. The Morgan fingerprint density at radius 1 is 1.16 bits per heavy atom. The van der Waals surface area contributed by atoms with Gasteiger partial charge in [-0.25, -0.2) is 29.0 Å². The molecule has 4 aromatic rings. The van der Waals surface area contributed by atoms with Gasteiger partial charge in [-0.1, -0.05) is 18.2 Å². The zero-order chi connectivity index (χ0) is 22.1. The van der Waals surface area contributed by atoms with Crippen LogP contribution in [-0.4, -0.2) is 41.4 Å². The quantitative estimate of drug-likeness (QED) is 0.478. The second-order valence-electron chi connectivity index (χ2n) is 7.65. The first-order chi connectivity index (χ1) is 15.6. The number of aromatic nitrogens is 7. The van der Waals surface area contributed by atoms with Gasteiger partial charge in [0.25, 0.3) is 5.88 Å². The van der Waals surface area contributed by atoms with E-state index >= 15 is 0 Å². The number of hydrogen-bond acceptors (Lipinski definition) is 6. The van der Waals surface area contributed by atoms with Gasteiger partial charge in [-0.2, -0.15) is 5.10 Å². The van der Waals surface area contributed by atoms with Gasteiger partial charge >= 0.3 is 0 Å². The molecule has 32 heavy (non-hydrogen) atoms. The number of fused-ring (bicyclic) bond motifs is 1. The topological polar surface area (TPSA) is 83.5 Å².